The molecular weight excluding hydrogens is 228 g/mol. The normalized spacial score (nSPS) is 10.3. The molecule has 2 aromatic rings. The quantitative estimate of drug-likeness (QED) is 0.713. The summed E-state index contributed by atoms with van der Waals surface area (Å²) < 4.78 is 0. The fraction of sp³-hybridized carbons (Fsp3) is 0. The van der Waals surface area contributed by atoms with Crippen LogP contribution in [-0.2, 0) is 0 Å². The van der Waals surface area contributed by atoms with E-state index in [4.69, 9.17) is 16.7 Å². The summed E-state index contributed by atoms with van der Waals surface area (Å²) in [5.74, 6) is -0.134. The highest BCUT2D eigenvalue weighted by Gasteiger charge is 2.10. The summed E-state index contributed by atoms with van der Waals surface area (Å²) in [6, 6.07) is 8.69. The van der Waals surface area contributed by atoms with Gasteiger partial charge < -0.3 is 15.3 Å². The number of aromatic hydroxyl groups is 3. The van der Waals surface area contributed by atoms with Gasteiger partial charge in [0, 0.05) is 22.2 Å². The summed E-state index contributed by atoms with van der Waals surface area (Å²) >= 11 is 5.81. The van der Waals surface area contributed by atoms with E-state index in [0.717, 1.165) is 0 Å². The third-order valence-corrected chi connectivity index (χ3v) is 2.47. The number of rotatable bonds is 1. The Morgan fingerprint density at radius 1 is 0.750 bits per heavy atom. The van der Waals surface area contributed by atoms with E-state index in [0.29, 0.717) is 16.1 Å². The molecule has 0 radical (unpaired) electrons. The van der Waals surface area contributed by atoms with Crippen LogP contribution in [0.1, 0.15) is 0 Å². The van der Waals surface area contributed by atoms with Crippen LogP contribution >= 0.6 is 11.6 Å². The second-order valence-corrected chi connectivity index (χ2v) is 3.80. The fourth-order valence-corrected chi connectivity index (χ4v) is 1.64. The van der Waals surface area contributed by atoms with E-state index in [1.165, 1.54) is 24.3 Å². The summed E-state index contributed by atoms with van der Waals surface area (Å²) in [7, 11) is 0. The van der Waals surface area contributed by atoms with Gasteiger partial charge in [0.15, 0.2) is 0 Å². The maximum absolute atomic E-state index is 9.65. The molecule has 0 unspecified atom stereocenters. The Kier molecular flexibility index (Phi) is 2.62. The van der Waals surface area contributed by atoms with Gasteiger partial charge in [-0.2, -0.15) is 0 Å². The standard InChI is InChI=1S/C12H9ClO3/c13-7-1-4-11(15)10(5-7)9-3-2-8(14)6-12(9)16/h1-6,14-16H. The van der Waals surface area contributed by atoms with Crippen molar-refractivity contribution in [2.75, 3.05) is 0 Å². The average Bonchev–Trinajstić information content (AvgIpc) is 2.22. The molecule has 16 heavy (non-hydrogen) atoms. The molecule has 0 heterocycles. The Morgan fingerprint density at radius 3 is 2.19 bits per heavy atom. The molecule has 0 bridgehead atoms. The predicted octanol–water partition coefficient (Wildman–Crippen LogP) is 3.12. The summed E-state index contributed by atoms with van der Waals surface area (Å²) in [5, 5.41) is 28.9. The number of halogens is 1. The van der Waals surface area contributed by atoms with E-state index >= 15 is 0 Å². The smallest absolute Gasteiger partial charge is 0.127 e. The molecule has 0 aliphatic heterocycles. The lowest BCUT2D eigenvalue weighted by Crippen LogP contribution is -1.81. The first-order chi connectivity index (χ1) is 7.58. The highest BCUT2D eigenvalue weighted by Crippen LogP contribution is 2.38. The summed E-state index contributed by atoms with van der Waals surface area (Å²) in [6.45, 7) is 0. The van der Waals surface area contributed by atoms with Gasteiger partial charge in [0.2, 0.25) is 0 Å². The average molecular weight is 237 g/mol. The van der Waals surface area contributed by atoms with E-state index in [9.17, 15) is 10.2 Å². The molecule has 3 nitrogen and oxygen atoms in total. The third kappa shape index (κ3) is 1.90. The Morgan fingerprint density at radius 2 is 1.50 bits per heavy atom. The molecular formula is C12H9ClO3. The first-order valence-electron chi connectivity index (χ1n) is 4.59. The lowest BCUT2D eigenvalue weighted by molar-refractivity contribution is 0.450. The molecule has 2 rings (SSSR count). The predicted molar refractivity (Wildman–Crippen MR) is 61.9 cm³/mol. The van der Waals surface area contributed by atoms with Crippen LogP contribution in [0.15, 0.2) is 36.4 Å². The SMILES string of the molecule is Oc1ccc(-c2cc(Cl)ccc2O)c(O)c1. The van der Waals surface area contributed by atoms with Gasteiger partial charge in [-0.3, -0.25) is 0 Å². The van der Waals surface area contributed by atoms with Crippen molar-refractivity contribution in [2.45, 2.75) is 0 Å². The van der Waals surface area contributed by atoms with Crippen molar-refractivity contribution >= 4 is 11.6 Å². The Labute approximate surface area is 97.2 Å². The van der Waals surface area contributed by atoms with Gasteiger partial charge in [-0.1, -0.05) is 11.6 Å². The number of hydrogen-bond acceptors (Lipinski definition) is 3. The molecule has 82 valence electrons. The number of hydrogen-bond donors (Lipinski definition) is 3. The van der Waals surface area contributed by atoms with Crippen LogP contribution in [0.3, 0.4) is 0 Å². The Bertz CT molecular complexity index is 538. The molecule has 0 saturated heterocycles. The topological polar surface area (TPSA) is 60.7 Å². The van der Waals surface area contributed by atoms with Crippen LogP contribution < -0.4 is 0 Å². The third-order valence-electron chi connectivity index (χ3n) is 2.23. The van der Waals surface area contributed by atoms with Crippen LogP contribution in [0.2, 0.25) is 5.02 Å². The lowest BCUT2D eigenvalue weighted by atomic mass is 10.0. The van der Waals surface area contributed by atoms with Crippen molar-refractivity contribution in [1.29, 1.82) is 0 Å². The minimum atomic E-state index is -0.113. The highest BCUT2D eigenvalue weighted by atomic mass is 35.5. The zero-order valence-electron chi connectivity index (χ0n) is 8.18. The molecule has 0 aliphatic carbocycles. The zero-order chi connectivity index (χ0) is 11.7. The summed E-state index contributed by atoms with van der Waals surface area (Å²) in [5.41, 5.74) is 0.836. The van der Waals surface area contributed by atoms with E-state index in [2.05, 4.69) is 0 Å². The van der Waals surface area contributed by atoms with Gasteiger partial charge in [0.25, 0.3) is 0 Å². The van der Waals surface area contributed by atoms with Crippen molar-refractivity contribution in [3.63, 3.8) is 0 Å². The Hall–Kier alpha value is -1.87. The summed E-state index contributed by atoms with van der Waals surface area (Å²) in [4.78, 5) is 0. The molecule has 0 atom stereocenters. The highest BCUT2D eigenvalue weighted by molar-refractivity contribution is 6.31. The number of benzene rings is 2. The fourth-order valence-electron chi connectivity index (χ4n) is 1.47. The minimum absolute atomic E-state index is 0.0189. The van der Waals surface area contributed by atoms with Gasteiger partial charge in [-0.15, -0.1) is 0 Å². The van der Waals surface area contributed by atoms with E-state index in [-0.39, 0.29) is 17.2 Å². The van der Waals surface area contributed by atoms with Crippen molar-refractivity contribution in [2.24, 2.45) is 0 Å². The monoisotopic (exact) mass is 236 g/mol. The molecule has 0 aliphatic rings. The largest absolute Gasteiger partial charge is 0.508 e. The molecule has 0 spiro atoms. The van der Waals surface area contributed by atoms with Crippen molar-refractivity contribution in [3.8, 4) is 28.4 Å². The molecule has 4 heteroatoms. The maximum Gasteiger partial charge on any atom is 0.127 e. The molecule has 0 amide bonds. The number of phenols is 3. The van der Waals surface area contributed by atoms with Crippen LogP contribution in [0, 0.1) is 0 Å². The van der Waals surface area contributed by atoms with Gasteiger partial charge >= 0.3 is 0 Å². The second kappa shape index (κ2) is 3.94. The first kappa shape index (κ1) is 10.6. The van der Waals surface area contributed by atoms with E-state index < -0.39 is 0 Å². The molecule has 0 fully saturated rings. The molecule has 0 saturated carbocycles. The van der Waals surface area contributed by atoms with E-state index in [1.807, 2.05) is 0 Å². The van der Waals surface area contributed by atoms with E-state index in [1.54, 1.807) is 12.1 Å². The van der Waals surface area contributed by atoms with Gasteiger partial charge in [-0.05, 0) is 30.3 Å². The van der Waals surface area contributed by atoms with Crippen LogP contribution in [-0.4, -0.2) is 15.3 Å². The molecule has 3 N–H and O–H groups in total. The van der Waals surface area contributed by atoms with Crippen LogP contribution in [0.25, 0.3) is 11.1 Å². The minimum Gasteiger partial charge on any atom is -0.508 e. The van der Waals surface area contributed by atoms with Crippen molar-refractivity contribution < 1.29 is 15.3 Å². The second-order valence-electron chi connectivity index (χ2n) is 3.36. The molecule has 2 aromatic carbocycles. The zero-order valence-corrected chi connectivity index (χ0v) is 8.94. The van der Waals surface area contributed by atoms with Gasteiger partial charge in [0.05, 0.1) is 0 Å². The van der Waals surface area contributed by atoms with Crippen molar-refractivity contribution in [3.05, 3.63) is 41.4 Å². The van der Waals surface area contributed by atoms with Gasteiger partial charge in [-0.25, -0.2) is 0 Å². The summed E-state index contributed by atoms with van der Waals surface area (Å²) in [6.07, 6.45) is 0. The van der Waals surface area contributed by atoms with Gasteiger partial charge in [0.1, 0.15) is 17.2 Å². The Balaban J connectivity index is 2.62. The first-order valence-corrected chi connectivity index (χ1v) is 4.96. The van der Waals surface area contributed by atoms with Crippen LogP contribution in [0.4, 0.5) is 0 Å². The molecule has 0 aromatic heterocycles. The van der Waals surface area contributed by atoms with Crippen molar-refractivity contribution in [1.82, 2.24) is 0 Å². The number of phenolic OH excluding ortho intramolecular Hbond substituents is 3. The lowest BCUT2D eigenvalue weighted by Gasteiger charge is -2.07. The maximum atomic E-state index is 9.65. The van der Waals surface area contributed by atoms with Crippen LogP contribution in [0.5, 0.6) is 17.2 Å².